The maximum atomic E-state index is 5.73. The summed E-state index contributed by atoms with van der Waals surface area (Å²) in [7, 11) is 0. The summed E-state index contributed by atoms with van der Waals surface area (Å²) in [5.41, 5.74) is 1.82. The van der Waals surface area contributed by atoms with Crippen molar-refractivity contribution in [1.29, 1.82) is 0 Å². The molecule has 3 heteroatoms. The van der Waals surface area contributed by atoms with Gasteiger partial charge in [0.1, 0.15) is 5.69 Å². The molecule has 0 N–H and O–H groups in total. The zero-order chi connectivity index (χ0) is 14.3. The van der Waals surface area contributed by atoms with Gasteiger partial charge in [-0.2, -0.15) is 0 Å². The van der Waals surface area contributed by atoms with Crippen molar-refractivity contribution in [2.24, 2.45) is 0 Å². The minimum atomic E-state index is 0.700. The van der Waals surface area contributed by atoms with Crippen molar-refractivity contribution in [1.82, 2.24) is 9.97 Å². The molecule has 0 amide bonds. The van der Waals surface area contributed by atoms with Gasteiger partial charge >= 0.3 is 0 Å². The highest BCUT2D eigenvalue weighted by molar-refractivity contribution is 5.55. The summed E-state index contributed by atoms with van der Waals surface area (Å²) in [6.07, 6.45) is 4.90. The Morgan fingerprint density at radius 1 is 0.952 bits per heavy atom. The Kier molecular flexibility index (Phi) is 4.09. The van der Waals surface area contributed by atoms with E-state index in [1.54, 1.807) is 12.4 Å². The van der Waals surface area contributed by atoms with Crippen LogP contribution in [0.4, 0.5) is 0 Å². The zero-order valence-electron chi connectivity index (χ0n) is 11.5. The number of rotatable bonds is 3. The lowest BCUT2D eigenvalue weighted by molar-refractivity contribution is 0.508. The molecule has 3 aromatic rings. The molecule has 3 rings (SSSR count). The predicted molar refractivity (Wildman–Crippen MR) is 81.4 cm³/mol. The van der Waals surface area contributed by atoms with Crippen LogP contribution < -0.4 is 0 Å². The Balaban J connectivity index is 1.60. The molecule has 0 aliphatic carbocycles. The lowest BCUT2D eigenvalue weighted by Crippen LogP contribution is -1.83. The van der Waals surface area contributed by atoms with Crippen LogP contribution in [0.1, 0.15) is 18.0 Å². The molecule has 0 radical (unpaired) electrons. The highest BCUT2D eigenvalue weighted by Crippen LogP contribution is 2.20. The number of oxazole rings is 1. The molecule has 0 aliphatic heterocycles. The van der Waals surface area contributed by atoms with Crippen LogP contribution in [0.25, 0.3) is 11.3 Å². The Morgan fingerprint density at radius 3 is 2.62 bits per heavy atom. The Labute approximate surface area is 123 Å². The first kappa shape index (κ1) is 13.1. The third-order valence-electron chi connectivity index (χ3n) is 2.96. The normalized spacial score (nSPS) is 9.90. The predicted octanol–water partition coefficient (Wildman–Crippen LogP) is 3.72. The first-order chi connectivity index (χ1) is 10.4. The van der Waals surface area contributed by atoms with Gasteiger partial charge in [-0.1, -0.05) is 42.3 Å². The highest BCUT2D eigenvalue weighted by atomic mass is 16.4. The number of pyridine rings is 1. The summed E-state index contributed by atoms with van der Waals surface area (Å²) in [5.74, 6) is 7.62. The summed E-state index contributed by atoms with van der Waals surface area (Å²) in [4.78, 5) is 8.44. The van der Waals surface area contributed by atoms with E-state index in [0.717, 1.165) is 17.0 Å². The van der Waals surface area contributed by atoms with Gasteiger partial charge in [0, 0.05) is 24.6 Å². The van der Waals surface area contributed by atoms with Gasteiger partial charge in [0.15, 0.2) is 11.7 Å². The molecule has 0 spiro atoms. The van der Waals surface area contributed by atoms with Crippen LogP contribution in [0.5, 0.6) is 0 Å². The van der Waals surface area contributed by atoms with Gasteiger partial charge in [-0.15, -0.1) is 0 Å². The molecule has 0 aliphatic rings. The van der Waals surface area contributed by atoms with Crippen molar-refractivity contribution >= 4 is 0 Å². The fraction of sp³-hybridized carbons (Fsp3) is 0.111. The van der Waals surface area contributed by atoms with Gasteiger partial charge in [-0.25, -0.2) is 9.97 Å². The minimum Gasteiger partial charge on any atom is -0.441 e. The van der Waals surface area contributed by atoms with Crippen LogP contribution in [0, 0.1) is 11.8 Å². The molecule has 2 aromatic heterocycles. The maximum Gasteiger partial charge on any atom is 0.195 e. The maximum absolute atomic E-state index is 5.73. The third kappa shape index (κ3) is 3.58. The van der Waals surface area contributed by atoms with Crippen molar-refractivity contribution in [2.75, 3.05) is 0 Å². The Hall–Kier alpha value is -2.86. The number of hydrogen-bond acceptors (Lipinski definition) is 3. The van der Waals surface area contributed by atoms with E-state index in [1.807, 2.05) is 48.5 Å². The second kappa shape index (κ2) is 6.53. The van der Waals surface area contributed by atoms with Gasteiger partial charge in [-0.3, -0.25) is 0 Å². The summed E-state index contributed by atoms with van der Waals surface area (Å²) in [6, 6.07) is 15.7. The van der Waals surface area contributed by atoms with Crippen molar-refractivity contribution in [2.45, 2.75) is 12.8 Å². The van der Waals surface area contributed by atoms with Gasteiger partial charge in [-0.05, 0) is 18.1 Å². The second-order valence-corrected chi connectivity index (χ2v) is 4.50. The standard InChI is InChI=1S/C18H14N2O/c1-2-8-15(9-3-1)17-14-20-18(21-17)12-5-4-10-16-11-6-7-13-19-16/h1-3,6-9,11,13-14H,5,12H2. The van der Waals surface area contributed by atoms with E-state index in [-0.39, 0.29) is 0 Å². The van der Waals surface area contributed by atoms with E-state index >= 15 is 0 Å². The zero-order valence-corrected chi connectivity index (χ0v) is 11.5. The molecule has 21 heavy (non-hydrogen) atoms. The van der Waals surface area contributed by atoms with Crippen LogP contribution in [-0.4, -0.2) is 9.97 Å². The smallest absolute Gasteiger partial charge is 0.195 e. The number of hydrogen-bond donors (Lipinski definition) is 0. The van der Waals surface area contributed by atoms with Crippen LogP contribution in [0.3, 0.4) is 0 Å². The molecular formula is C18H14N2O. The van der Waals surface area contributed by atoms with Gasteiger partial charge in [0.05, 0.1) is 6.20 Å². The number of aromatic nitrogens is 2. The molecule has 0 bridgehead atoms. The number of nitrogens with zero attached hydrogens (tertiary/aromatic N) is 2. The molecule has 0 unspecified atom stereocenters. The lowest BCUT2D eigenvalue weighted by Gasteiger charge is -1.94. The average molecular weight is 274 g/mol. The fourth-order valence-corrected chi connectivity index (χ4v) is 1.92. The fourth-order valence-electron chi connectivity index (χ4n) is 1.92. The van der Waals surface area contributed by atoms with E-state index in [0.29, 0.717) is 18.7 Å². The number of benzene rings is 1. The number of aryl methyl sites for hydroxylation is 1. The molecule has 0 saturated heterocycles. The van der Waals surface area contributed by atoms with Crippen molar-refractivity contribution in [3.05, 3.63) is 72.5 Å². The van der Waals surface area contributed by atoms with Crippen LogP contribution >= 0.6 is 0 Å². The molecular weight excluding hydrogens is 260 g/mol. The van der Waals surface area contributed by atoms with Crippen molar-refractivity contribution < 1.29 is 4.42 Å². The van der Waals surface area contributed by atoms with Gasteiger partial charge in [0.25, 0.3) is 0 Å². The summed E-state index contributed by atoms with van der Waals surface area (Å²) >= 11 is 0. The van der Waals surface area contributed by atoms with Crippen LogP contribution in [0.2, 0.25) is 0 Å². The average Bonchev–Trinajstić information content (AvgIpc) is 3.02. The van der Waals surface area contributed by atoms with E-state index in [9.17, 15) is 0 Å². The molecule has 0 fully saturated rings. The summed E-state index contributed by atoms with van der Waals surface area (Å²) < 4.78 is 5.73. The molecule has 2 heterocycles. The van der Waals surface area contributed by atoms with E-state index < -0.39 is 0 Å². The molecule has 0 saturated carbocycles. The SMILES string of the molecule is C(#Cc1ccccn1)CCc1ncc(-c2ccccc2)o1. The second-order valence-electron chi connectivity index (χ2n) is 4.50. The van der Waals surface area contributed by atoms with Crippen LogP contribution in [0.15, 0.2) is 65.3 Å². The summed E-state index contributed by atoms with van der Waals surface area (Å²) in [5, 5.41) is 0. The first-order valence-corrected chi connectivity index (χ1v) is 6.82. The van der Waals surface area contributed by atoms with Crippen molar-refractivity contribution in [3.63, 3.8) is 0 Å². The van der Waals surface area contributed by atoms with E-state index in [4.69, 9.17) is 4.42 Å². The Bertz CT molecular complexity index is 752. The third-order valence-corrected chi connectivity index (χ3v) is 2.96. The lowest BCUT2D eigenvalue weighted by atomic mass is 10.2. The quantitative estimate of drug-likeness (QED) is 0.683. The topological polar surface area (TPSA) is 38.9 Å². The van der Waals surface area contributed by atoms with Crippen LogP contribution in [-0.2, 0) is 6.42 Å². The first-order valence-electron chi connectivity index (χ1n) is 6.82. The molecule has 1 aromatic carbocycles. The van der Waals surface area contributed by atoms with Gasteiger partial charge in [0.2, 0.25) is 0 Å². The molecule has 0 atom stereocenters. The van der Waals surface area contributed by atoms with E-state index in [1.165, 1.54) is 0 Å². The highest BCUT2D eigenvalue weighted by Gasteiger charge is 2.04. The van der Waals surface area contributed by atoms with E-state index in [2.05, 4.69) is 21.8 Å². The summed E-state index contributed by atoms with van der Waals surface area (Å²) in [6.45, 7) is 0. The van der Waals surface area contributed by atoms with Gasteiger partial charge < -0.3 is 4.42 Å². The minimum absolute atomic E-state index is 0.700. The monoisotopic (exact) mass is 274 g/mol. The Morgan fingerprint density at radius 2 is 1.81 bits per heavy atom. The molecule has 3 nitrogen and oxygen atoms in total. The largest absolute Gasteiger partial charge is 0.441 e. The van der Waals surface area contributed by atoms with Crippen molar-refractivity contribution in [3.8, 4) is 23.2 Å². The molecule has 102 valence electrons.